The van der Waals surface area contributed by atoms with Gasteiger partial charge in [-0.3, -0.25) is 38.9 Å². The van der Waals surface area contributed by atoms with Crippen molar-refractivity contribution in [2.24, 2.45) is 36.1 Å². The summed E-state index contributed by atoms with van der Waals surface area (Å²) < 4.78 is 8.08. The van der Waals surface area contributed by atoms with Crippen LogP contribution in [0, 0.1) is 46.1 Å². The van der Waals surface area contributed by atoms with Crippen LogP contribution in [0.3, 0.4) is 0 Å². The molecule has 6 atom stereocenters. The van der Waals surface area contributed by atoms with Crippen molar-refractivity contribution in [1.29, 1.82) is 0 Å². The molecule has 4 heterocycles. The second-order valence-corrected chi connectivity index (χ2v) is 16.6. The number of amides is 4. The Balaban J connectivity index is 1.15. The molecule has 2 aromatic heterocycles. The first kappa shape index (κ1) is 35.8. The number of carbonyl (C=O) groups is 4. The largest absolute Gasteiger partial charge is 0.508 e. The first-order valence-corrected chi connectivity index (χ1v) is 19.2. The normalized spacial score (nSPS) is 25.7. The average molecular weight is 792 g/mol. The number of hydrogen-bond acceptors (Lipinski definition) is 10. The van der Waals surface area contributed by atoms with Crippen LogP contribution in [0.2, 0.25) is 5.02 Å². The topological polar surface area (TPSA) is 165 Å². The predicted molar refractivity (Wildman–Crippen MR) is 209 cm³/mol. The van der Waals surface area contributed by atoms with E-state index in [2.05, 4.69) is 0 Å². The molecule has 5 aromatic rings. The van der Waals surface area contributed by atoms with Crippen molar-refractivity contribution in [3.8, 4) is 22.1 Å². The van der Waals surface area contributed by atoms with Gasteiger partial charge in [0, 0.05) is 46.5 Å². The second-order valence-electron chi connectivity index (χ2n) is 15.1. The molecule has 3 fully saturated rings. The maximum Gasteiger partial charge on any atom is 0.269 e. The Morgan fingerprint density at radius 1 is 0.982 bits per heavy atom. The minimum absolute atomic E-state index is 0.0970. The number of allylic oxidation sites excluding steroid dienone is 2. The average Bonchev–Trinajstić information content (AvgIpc) is 3.85. The van der Waals surface area contributed by atoms with Crippen LogP contribution in [0.4, 0.5) is 17.2 Å². The van der Waals surface area contributed by atoms with Gasteiger partial charge in [-0.25, -0.2) is 4.90 Å². The lowest BCUT2D eigenvalue weighted by Crippen LogP contribution is -2.49. The summed E-state index contributed by atoms with van der Waals surface area (Å²) in [6, 6.07) is 17.4. The first-order valence-electron chi connectivity index (χ1n) is 18.0. The van der Waals surface area contributed by atoms with Crippen molar-refractivity contribution in [2.75, 3.05) is 16.9 Å². The molecule has 1 saturated carbocycles. The molecule has 15 heteroatoms. The molecule has 4 aliphatic rings. The maximum absolute atomic E-state index is 15.1. The van der Waals surface area contributed by atoms with Crippen molar-refractivity contribution in [3.63, 3.8) is 0 Å². The molecule has 4 amide bonds. The van der Waals surface area contributed by atoms with E-state index in [0.29, 0.717) is 27.6 Å². The Bertz CT molecular complexity index is 2620. The fraction of sp³-hybridized carbons (Fsp3) is 0.293. The number of phenols is 1. The zero-order chi connectivity index (χ0) is 39.5. The molecule has 2 aliphatic heterocycles. The van der Waals surface area contributed by atoms with E-state index in [9.17, 15) is 29.6 Å². The summed E-state index contributed by atoms with van der Waals surface area (Å²) in [4.78, 5) is 72.3. The number of methoxy groups -OCH3 is 1. The van der Waals surface area contributed by atoms with Gasteiger partial charge in [-0.1, -0.05) is 23.3 Å². The lowest BCUT2D eigenvalue weighted by molar-refractivity contribution is -0.384. The Morgan fingerprint density at radius 3 is 2.45 bits per heavy atom. The SMILES string of the molecule is COc1ccc(O)c(C2C3=CCC4C(=O)N(c5ccc([N+](=O)[O-])cc5)C(=O)C4C3CC3C(=O)N(c4cc(-c5sc6ccc(Cl)cc6c5C)nn4C)C(=O)C32C)c1. The summed E-state index contributed by atoms with van der Waals surface area (Å²) in [6.45, 7) is 3.72. The lowest BCUT2D eigenvalue weighted by atomic mass is 9.51. The maximum atomic E-state index is 15.1. The van der Waals surface area contributed by atoms with E-state index in [0.717, 1.165) is 25.4 Å². The number of phenolic OH excluding ortho intramolecular Hbond substituents is 1. The van der Waals surface area contributed by atoms with E-state index < -0.39 is 63.6 Å². The number of anilines is 2. The van der Waals surface area contributed by atoms with Gasteiger partial charge in [0.05, 0.1) is 45.8 Å². The molecule has 13 nitrogen and oxygen atoms in total. The van der Waals surface area contributed by atoms with Gasteiger partial charge in [0.25, 0.3) is 5.69 Å². The number of aryl methyl sites for hydroxylation is 2. The van der Waals surface area contributed by atoms with Crippen LogP contribution in [0.5, 0.6) is 11.5 Å². The Hall–Kier alpha value is -5.86. The number of ether oxygens (including phenoxy) is 1. The number of aromatic hydroxyl groups is 1. The number of benzene rings is 3. The number of rotatable bonds is 6. The highest BCUT2D eigenvalue weighted by molar-refractivity contribution is 7.22. The summed E-state index contributed by atoms with van der Waals surface area (Å²) >= 11 is 7.84. The third kappa shape index (κ3) is 4.94. The first-order chi connectivity index (χ1) is 26.7. The number of fused-ring (bicyclic) bond motifs is 5. The molecule has 3 aromatic carbocycles. The van der Waals surface area contributed by atoms with Crippen molar-refractivity contribution < 1.29 is 33.9 Å². The number of hydrogen-bond donors (Lipinski definition) is 1. The number of aromatic nitrogens is 2. The number of nitro groups is 1. The summed E-state index contributed by atoms with van der Waals surface area (Å²) in [5.74, 6) is -5.35. The summed E-state index contributed by atoms with van der Waals surface area (Å²) in [5, 5.41) is 29.1. The molecule has 9 rings (SSSR count). The predicted octanol–water partition coefficient (Wildman–Crippen LogP) is 7.32. The summed E-state index contributed by atoms with van der Waals surface area (Å²) in [5.41, 5.74) is 1.22. The minimum Gasteiger partial charge on any atom is -0.508 e. The van der Waals surface area contributed by atoms with Gasteiger partial charge < -0.3 is 9.84 Å². The number of thiophene rings is 1. The highest BCUT2D eigenvalue weighted by Crippen LogP contribution is 2.65. The zero-order valence-electron chi connectivity index (χ0n) is 30.6. The van der Waals surface area contributed by atoms with Crippen molar-refractivity contribution in [1.82, 2.24) is 9.78 Å². The van der Waals surface area contributed by atoms with Crippen LogP contribution in [-0.2, 0) is 26.2 Å². The van der Waals surface area contributed by atoms with Gasteiger partial charge in [-0.15, -0.1) is 11.3 Å². The van der Waals surface area contributed by atoms with Crippen LogP contribution in [-0.4, -0.2) is 50.5 Å². The highest BCUT2D eigenvalue weighted by atomic mass is 35.5. The number of halogens is 1. The van der Waals surface area contributed by atoms with Gasteiger partial charge >= 0.3 is 0 Å². The molecule has 2 saturated heterocycles. The molecule has 2 aliphatic carbocycles. The van der Waals surface area contributed by atoms with Crippen molar-refractivity contribution in [3.05, 3.63) is 105 Å². The van der Waals surface area contributed by atoms with Crippen molar-refractivity contribution in [2.45, 2.75) is 32.6 Å². The molecule has 284 valence electrons. The third-order valence-electron chi connectivity index (χ3n) is 12.4. The molecule has 0 radical (unpaired) electrons. The van der Waals surface area contributed by atoms with E-state index in [4.69, 9.17) is 21.4 Å². The standard InChI is InChI=1S/C41H34ClN5O8S/c1-19-26-15-20(42)5-14-32(26)56-36(19)30-18-33(44(3)43-30)46-38(50)29-17-27-24(35(41(29,2)40(46)52)28-16-23(55-4)10-13-31(28)48)11-12-25-34(27)39(51)45(37(25)49)21-6-8-22(9-7-21)47(53)54/h5-11,13-16,18,25,27,29,34-35,48H,12,17H2,1-4H3. The van der Waals surface area contributed by atoms with Crippen LogP contribution in [0.25, 0.3) is 20.7 Å². The summed E-state index contributed by atoms with van der Waals surface area (Å²) in [6.07, 6.45) is 2.17. The van der Waals surface area contributed by atoms with Gasteiger partial charge in [0.2, 0.25) is 23.6 Å². The number of imide groups is 2. The highest BCUT2D eigenvalue weighted by Gasteiger charge is 2.68. The molecule has 1 N–H and O–H groups in total. The summed E-state index contributed by atoms with van der Waals surface area (Å²) in [7, 11) is 3.17. The van der Waals surface area contributed by atoms with E-state index in [1.165, 1.54) is 58.4 Å². The Morgan fingerprint density at radius 2 is 1.73 bits per heavy atom. The smallest absolute Gasteiger partial charge is 0.269 e. The quantitative estimate of drug-likeness (QED) is 0.0803. The van der Waals surface area contributed by atoms with Crippen LogP contribution < -0.4 is 14.5 Å². The van der Waals surface area contributed by atoms with E-state index in [1.54, 1.807) is 32.2 Å². The van der Waals surface area contributed by atoms with E-state index in [1.807, 2.05) is 31.2 Å². The monoisotopic (exact) mass is 791 g/mol. The van der Waals surface area contributed by atoms with Gasteiger partial charge in [-0.2, -0.15) is 5.10 Å². The Kier molecular flexibility index (Phi) is 8.05. The Labute approximate surface area is 328 Å². The fourth-order valence-electron chi connectivity index (χ4n) is 9.66. The van der Waals surface area contributed by atoms with E-state index in [-0.39, 0.29) is 35.8 Å². The number of carbonyl (C=O) groups excluding carboxylic acids is 4. The number of nitro benzene ring substituents is 1. The fourth-order valence-corrected chi connectivity index (χ4v) is 11.0. The number of nitrogens with zero attached hydrogens (tertiary/aromatic N) is 5. The molecule has 6 unspecified atom stereocenters. The van der Waals surface area contributed by atoms with E-state index >= 15 is 4.79 Å². The van der Waals surface area contributed by atoms with Crippen LogP contribution in [0.15, 0.2) is 78.4 Å². The molecular weight excluding hydrogens is 758 g/mol. The second kappa shape index (κ2) is 12.6. The zero-order valence-corrected chi connectivity index (χ0v) is 32.1. The van der Waals surface area contributed by atoms with Gasteiger partial charge in [-0.05, 0) is 92.1 Å². The van der Waals surface area contributed by atoms with Gasteiger partial charge in [0.15, 0.2) is 0 Å². The van der Waals surface area contributed by atoms with Crippen molar-refractivity contribution >= 4 is 73.8 Å². The molecule has 0 bridgehead atoms. The minimum atomic E-state index is -1.42. The lowest BCUT2D eigenvalue weighted by Gasteiger charge is -2.49. The van der Waals surface area contributed by atoms with Gasteiger partial charge in [0.1, 0.15) is 23.0 Å². The van der Waals surface area contributed by atoms with Crippen LogP contribution in [0.1, 0.15) is 36.8 Å². The molecule has 56 heavy (non-hydrogen) atoms. The van der Waals surface area contributed by atoms with Crippen LogP contribution >= 0.6 is 22.9 Å². The molecular formula is C41H34ClN5O8S. The third-order valence-corrected chi connectivity index (χ3v) is 13.9. The molecule has 0 spiro atoms. The number of non-ortho nitro benzene ring substituents is 1.